The fraction of sp³-hybridized carbons (Fsp3) is 0.533. The highest BCUT2D eigenvalue weighted by molar-refractivity contribution is 5.89. The van der Waals surface area contributed by atoms with Crippen LogP contribution in [0.2, 0.25) is 0 Å². The average Bonchev–Trinajstić information content (AvgIpc) is 2.44. The SMILES string of the molecule is CC(C)(C)OOC(=O)c1ccc(N2CCOC(N)C2)cc1. The fourth-order valence-corrected chi connectivity index (χ4v) is 1.93. The van der Waals surface area contributed by atoms with Gasteiger partial charge in [0, 0.05) is 12.2 Å². The van der Waals surface area contributed by atoms with Gasteiger partial charge in [0.2, 0.25) is 0 Å². The van der Waals surface area contributed by atoms with Gasteiger partial charge in [0.1, 0.15) is 11.8 Å². The zero-order valence-corrected chi connectivity index (χ0v) is 12.7. The summed E-state index contributed by atoms with van der Waals surface area (Å²) < 4.78 is 5.30. The van der Waals surface area contributed by atoms with Gasteiger partial charge >= 0.3 is 5.97 Å². The van der Waals surface area contributed by atoms with Gasteiger partial charge in [-0.2, -0.15) is 4.89 Å². The molecule has 0 saturated carbocycles. The maximum Gasteiger partial charge on any atom is 0.373 e. The highest BCUT2D eigenvalue weighted by Crippen LogP contribution is 2.18. The first-order chi connectivity index (χ1) is 9.85. The Morgan fingerprint density at radius 1 is 1.33 bits per heavy atom. The highest BCUT2D eigenvalue weighted by atomic mass is 17.2. The number of rotatable bonds is 3. The van der Waals surface area contributed by atoms with Crippen LogP contribution < -0.4 is 10.6 Å². The molecule has 0 aliphatic carbocycles. The molecule has 0 radical (unpaired) electrons. The Balaban J connectivity index is 1.96. The molecule has 1 fully saturated rings. The van der Waals surface area contributed by atoms with E-state index in [0.29, 0.717) is 18.7 Å². The molecule has 1 aliphatic rings. The van der Waals surface area contributed by atoms with Crippen LogP contribution in [0.4, 0.5) is 5.69 Å². The molecule has 0 spiro atoms. The summed E-state index contributed by atoms with van der Waals surface area (Å²) in [6, 6.07) is 7.16. The van der Waals surface area contributed by atoms with Crippen LogP contribution in [-0.4, -0.2) is 37.5 Å². The van der Waals surface area contributed by atoms with E-state index in [1.165, 1.54) is 0 Å². The van der Waals surface area contributed by atoms with Crippen LogP contribution in [0.3, 0.4) is 0 Å². The van der Waals surface area contributed by atoms with Gasteiger partial charge in [-0.05, 0) is 45.0 Å². The molecule has 116 valence electrons. The monoisotopic (exact) mass is 294 g/mol. The van der Waals surface area contributed by atoms with Gasteiger partial charge in [0.15, 0.2) is 0 Å². The zero-order chi connectivity index (χ0) is 15.5. The molecule has 2 rings (SSSR count). The van der Waals surface area contributed by atoms with E-state index >= 15 is 0 Å². The zero-order valence-electron chi connectivity index (χ0n) is 12.7. The summed E-state index contributed by atoms with van der Waals surface area (Å²) in [6.07, 6.45) is -0.274. The number of anilines is 1. The number of nitrogens with two attached hydrogens (primary N) is 1. The first kappa shape index (κ1) is 15.8. The van der Waals surface area contributed by atoms with E-state index < -0.39 is 11.6 Å². The number of hydrogen-bond donors (Lipinski definition) is 1. The summed E-state index contributed by atoms with van der Waals surface area (Å²) in [4.78, 5) is 23.8. The standard InChI is InChI=1S/C15H22N2O4/c1-15(2,3)21-20-14(18)11-4-6-12(7-5-11)17-8-9-19-13(16)10-17/h4-7,13H,8-10,16H2,1-3H3. The van der Waals surface area contributed by atoms with E-state index in [4.69, 9.17) is 20.2 Å². The van der Waals surface area contributed by atoms with Crippen LogP contribution in [-0.2, 0) is 14.5 Å². The lowest BCUT2D eigenvalue weighted by molar-refractivity contribution is -0.301. The minimum absolute atomic E-state index is 0.274. The van der Waals surface area contributed by atoms with Crippen LogP contribution in [0, 0.1) is 0 Å². The normalized spacial score (nSPS) is 19.4. The summed E-state index contributed by atoms with van der Waals surface area (Å²) in [5, 5.41) is 0. The molecular weight excluding hydrogens is 272 g/mol. The molecule has 0 bridgehead atoms. The number of morpholine rings is 1. The van der Waals surface area contributed by atoms with Crippen LogP contribution >= 0.6 is 0 Å². The van der Waals surface area contributed by atoms with E-state index in [9.17, 15) is 4.79 Å². The lowest BCUT2D eigenvalue weighted by Crippen LogP contribution is -2.46. The second-order valence-electron chi connectivity index (χ2n) is 5.97. The molecule has 21 heavy (non-hydrogen) atoms. The molecule has 1 atom stereocenters. The van der Waals surface area contributed by atoms with Crippen molar-refractivity contribution in [2.75, 3.05) is 24.6 Å². The minimum atomic E-state index is -0.528. The molecule has 1 aliphatic heterocycles. The molecule has 1 aromatic carbocycles. The van der Waals surface area contributed by atoms with E-state index in [1.54, 1.807) is 12.1 Å². The predicted molar refractivity (Wildman–Crippen MR) is 78.8 cm³/mol. The van der Waals surface area contributed by atoms with Gasteiger partial charge in [-0.1, -0.05) is 0 Å². The van der Waals surface area contributed by atoms with E-state index in [2.05, 4.69) is 4.90 Å². The Morgan fingerprint density at radius 2 is 2.00 bits per heavy atom. The second kappa shape index (κ2) is 6.43. The third-order valence-electron chi connectivity index (χ3n) is 2.93. The van der Waals surface area contributed by atoms with Gasteiger partial charge in [-0.3, -0.25) is 4.89 Å². The van der Waals surface area contributed by atoms with Crippen molar-refractivity contribution in [1.82, 2.24) is 0 Å². The third kappa shape index (κ3) is 4.70. The van der Waals surface area contributed by atoms with E-state index in [1.807, 2.05) is 32.9 Å². The molecule has 1 unspecified atom stereocenters. The Kier molecular flexibility index (Phi) is 4.82. The number of carbonyl (C=O) groups is 1. The van der Waals surface area contributed by atoms with Crippen LogP contribution in [0.15, 0.2) is 24.3 Å². The Labute approximate surface area is 124 Å². The minimum Gasteiger partial charge on any atom is -0.365 e. The molecule has 6 nitrogen and oxygen atoms in total. The van der Waals surface area contributed by atoms with Gasteiger partial charge in [-0.15, -0.1) is 0 Å². The third-order valence-corrected chi connectivity index (χ3v) is 2.93. The largest absolute Gasteiger partial charge is 0.373 e. The first-order valence-electron chi connectivity index (χ1n) is 6.97. The molecule has 6 heteroatoms. The van der Waals surface area contributed by atoms with Crippen molar-refractivity contribution < 1.29 is 19.3 Å². The topological polar surface area (TPSA) is 74.0 Å². The molecule has 1 aromatic rings. The van der Waals surface area contributed by atoms with Crippen molar-refractivity contribution in [1.29, 1.82) is 0 Å². The molecule has 0 aromatic heterocycles. The molecule has 2 N–H and O–H groups in total. The average molecular weight is 294 g/mol. The quantitative estimate of drug-likeness (QED) is 0.675. The van der Waals surface area contributed by atoms with Crippen LogP contribution in [0.25, 0.3) is 0 Å². The fourth-order valence-electron chi connectivity index (χ4n) is 1.93. The van der Waals surface area contributed by atoms with E-state index in [-0.39, 0.29) is 6.23 Å². The van der Waals surface area contributed by atoms with Crippen molar-refractivity contribution in [3.63, 3.8) is 0 Å². The predicted octanol–water partition coefficient (Wildman–Crippen LogP) is 1.69. The number of carbonyl (C=O) groups excluding carboxylic acids is 1. The molecule has 0 amide bonds. The van der Waals surface area contributed by atoms with Crippen molar-refractivity contribution in [2.24, 2.45) is 5.73 Å². The van der Waals surface area contributed by atoms with Gasteiger partial charge in [0.25, 0.3) is 0 Å². The van der Waals surface area contributed by atoms with Gasteiger partial charge in [-0.25, -0.2) is 4.79 Å². The second-order valence-corrected chi connectivity index (χ2v) is 5.97. The summed E-state index contributed by atoms with van der Waals surface area (Å²) in [7, 11) is 0. The first-order valence-corrected chi connectivity index (χ1v) is 6.97. The maximum absolute atomic E-state index is 11.8. The Morgan fingerprint density at radius 3 is 2.57 bits per heavy atom. The van der Waals surface area contributed by atoms with Gasteiger partial charge in [0.05, 0.1) is 18.7 Å². The summed E-state index contributed by atoms with van der Waals surface area (Å²) in [6.45, 7) is 7.45. The Hall–Kier alpha value is -1.63. The smallest absolute Gasteiger partial charge is 0.365 e. The lowest BCUT2D eigenvalue weighted by Gasteiger charge is -2.32. The van der Waals surface area contributed by atoms with Crippen LogP contribution in [0.1, 0.15) is 31.1 Å². The van der Waals surface area contributed by atoms with E-state index in [0.717, 1.165) is 12.2 Å². The lowest BCUT2D eigenvalue weighted by atomic mass is 10.2. The Bertz CT molecular complexity index is 481. The number of nitrogens with zero attached hydrogens (tertiary/aromatic N) is 1. The van der Waals surface area contributed by atoms with Crippen molar-refractivity contribution in [2.45, 2.75) is 32.6 Å². The van der Waals surface area contributed by atoms with Crippen LogP contribution in [0.5, 0.6) is 0 Å². The highest BCUT2D eigenvalue weighted by Gasteiger charge is 2.19. The molecule has 1 saturated heterocycles. The van der Waals surface area contributed by atoms with Crippen molar-refractivity contribution in [3.05, 3.63) is 29.8 Å². The maximum atomic E-state index is 11.8. The number of hydrogen-bond acceptors (Lipinski definition) is 6. The van der Waals surface area contributed by atoms with Gasteiger partial charge < -0.3 is 15.4 Å². The summed E-state index contributed by atoms with van der Waals surface area (Å²) in [5.41, 5.74) is 6.68. The number of benzene rings is 1. The molecular formula is C15H22N2O4. The molecule has 1 heterocycles. The summed E-state index contributed by atoms with van der Waals surface area (Å²) in [5.74, 6) is -0.504. The van der Waals surface area contributed by atoms with Crippen molar-refractivity contribution >= 4 is 11.7 Å². The summed E-state index contributed by atoms with van der Waals surface area (Å²) >= 11 is 0. The number of ether oxygens (including phenoxy) is 1. The van der Waals surface area contributed by atoms with Crippen molar-refractivity contribution in [3.8, 4) is 0 Å².